The molecule has 0 N–H and O–H groups in total. The van der Waals surface area contributed by atoms with E-state index in [1.165, 1.54) is 51.4 Å². The lowest BCUT2D eigenvalue weighted by Gasteiger charge is -2.27. The predicted molar refractivity (Wildman–Crippen MR) is 122 cm³/mol. The second-order valence-corrected chi connectivity index (χ2v) is 8.52. The summed E-state index contributed by atoms with van der Waals surface area (Å²) in [6, 6.07) is 6.92. The number of carbonyl (C=O) groups excluding carboxylic acids is 2. The number of unbranched alkanes of at least 4 members (excludes halogenated alkanes) is 8. The van der Waals surface area contributed by atoms with Crippen LogP contribution in [0.5, 0.6) is 5.75 Å². The van der Waals surface area contributed by atoms with Crippen LogP contribution in [0.15, 0.2) is 24.3 Å². The SMILES string of the molecule is CCCCCCCCOc1ccc(C(=O)OC2CCC(CCCCCC)OC2=O)cc1. The van der Waals surface area contributed by atoms with Crippen LogP contribution in [0.25, 0.3) is 0 Å². The Balaban J connectivity index is 1.67. The first-order valence-electron chi connectivity index (χ1n) is 12.3. The molecule has 1 aliphatic rings. The third kappa shape index (κ3) is 9.75. The van der Waals surface area contributed by atoms with Crippen LogP contribution in [0, 0.1) is 0 Å². The highest BCUT2D eigenvalue weighted by molar-refractivity contribution is 5.91. The monoisotopic (exact) mass is 432 g/mol. The van der Waals surface area contributed by atoms with Crippen LogP contribution in [0.2, 0.25) is 0 Å². The lowest BCUT2D eigenvalue weighted by atomic mass is 10.0. The van der Waals surface area contributed by atoms with Gasteiger partial charge in [0.15, 0.2) is 6.10 Å². The van der Waals surface area contributed by atoms with Crippen LogP contribution in [0.1, 0.15) is 108 Å². The molecule has 0 radical (unpaired) electrons. The zero-order valence-electron chi connectivity index (χ0n) is 19.4. The van der Waals surface area contributed by atoms with E-state index < -0.39 is 18.0 Å². The minimum absolute atomic E-state index is 0.0395. The van der Waals surface area contributed by atoms with Crippen molar-refractivity contribution >= 4 is 11.9 Å². The molecule has 0 saturated carbocycles. The first kappa shape index (κ1) is 25.2. The Morgan fingerprint density at radius 3 is 2.23 bits per heavy atom. The van der Waals surface area contributed by atoms with Crippen molar-refractivity contribution in [2.45, 2.75) is 110 Å². The van der Waals surface area contributed by atoms with Gasteiger partial charge in [0.05, 0.1) is 12.2 Å². The molecule has 5 nitrogen and oxygen atoms in total. The van der Waals surface area contributed by atoms with E-state index in [0.717, 1.165) is 31.4 Å². The summed E-state index contributed by atoms with van der Waals surface area (Å²) in [5.41, 5.74) is 0.418. The smallest absolute Gasteiger partial charge is 0.347 e. The maximum absolute atomic E-state index is 12.4. The van der Waals surface area contributed by atoms with E-state index in [1.54, 1.807) is 24.3 Å². The largest absolute Gasteiger partial charge is 0.494 e. The number of cyclic esters (lactones) is 1. The van der Waals surface area contributed by atoms with Gasteiger partial charge in [-0.05, 0) is 56.4 Å². The summed E-state index contributed by atoms with van der Waals surface area (Å²) in [5.74, 6) is -0.169. The number of hydrogen-bond donors (Lipinski definition) is 0. The topological polar surface area (TPSA) is 61.8 Å². The lowest BCUT2D eigenvalue weighted by molar-refractivity contribution is -0.167. The Morgan fingerprint density at radius 2 is 1.55 bits per heavy atom. The quantitative estimate of drug-likeness (QED) is 0.230. The molecule has 0 bridgehead atoms. The van der Waals surface area contributed by atoms with E-state index in [1.807, 2.05) is 0 Å². The molecule has 5 heteroatoms. The molecule has 2 rings (SSSR count). The molecule has 1 aliphatic heterocycles. The normalized spacial score (nSPS) is 18.5. The Bertz CT molecular complexity index is 640. The second kappa shape index (κ2) is 14.9. The third-order valence-electron chi connectivity index (χ3n) is 5.78. The van der Waals surface area contributed by atoms with Crippen LogP contribution < -0.4 is 4.74 Å². The third-order valence-corrected chi connectivity index (χ3v) is 5.78. The fourth-order valence-electron chi connectivity index (χ4n) is 3.82. The summed E-state index contributed by atoms with van der Waals surface area (Å²) < 4.78 is 16.6. The van der Waals surface area contributed by atoms with Gasteiger partial charge in [0.25, 0.3) is 0 Å². The van der Waals surface area contributed by atoms with Gasteiger partial charge in [0.1, 0.15) is 11.9 Å². The standard InChI is InChI=1S/C26H40O5/c1-3-5-7-9-10-12-20-29-22-16-14-21(15-17-22)25(27)31-24-19-18-23(30-26(24)28)13-11-8-6-4-2/h14-17,23-24H,3-13,18-20H2,1-2H3. The fourth-order valence-corrected chi connectivity index (χ4v) is 3.82. The number of hydrogen-bond acceptors (Lipinski definition) is 5. The van der Waals surface area contributed by atoms with E-state index in [0.29, 0.717) is 18.6 Å². The summed E-state index contributed by atoms with van der Waals surface area (Å²) >= 11 is 0. The van der Waals surface area contributed by atoms with Crippen molar-refractivity contribution in [2.24, 2.45) is 0 Å². The second-order valence-electron chi connectivity index (χ2n) is 8.52. The molecule has 0 spiro atoms. The Hall–Kier alpha value is -2.04. The van der Waals surface area contributed by atoms with Gasteiger partial charge in [-0.25, -0.2) is 9.59 Å². The number of rotatable bonds is 15. The number of benzene rings is 1. The van der Waals surface area contributed by atoms with Crippen molar-refractivity contribution in [1.29, 1.82) is 0 Å². The van der Waals surface area contributed by atoms with Crippen molar-refractivity contribution in [3.05, 3.63) is 29.8 Å². The van der Waals surface area contributed by atoms with Crippen LogP contribution >= 0.6 is 0 Å². The zero-order valence-corrected chi connectivity index (χ0v) is 19.4. The van der Waals surface area contributed by atoms with Crippen LogP contribution in [0.3, 0.4) is 0 Å². The summed E-state index contributed by atoms with van der Waals surface area (Å²) in [5, 5.41) is 0. The van der Waals surface area contributed by atoms with Crippen molar-refractivity contribution in [2.75, 3.05) is 6.61 Å². The molecule has 2 unspecified atom stereocenters. The van der Waals surface area contributed by atoms with Crippen molar-refractivity contribution in [3.8, 4) is 5.75 Å². The maximum Gasteiger partial charge on any atom is 0.347 e. The molecule has 1 heterocycles. The number of esters is 2. The van der Waals surface area contributed by atoms with E-state index in [-0.39, 0.29) is 6.10 Å². The molecular formula is C26H40O5. The van der Waals surface area contributed by atoms with Gasteiger partial charge in [0.2, 0.25) is 0 Å². The minimum Gasteiger partial charge on any atom is -0.494 e. The molecular weight excluding hydrogens is 392 g/mol. The highest BCUT2D eigenvalue weighted by atomic mass is 16.6. The van der Waals surface area contributed by atoms with Gasteiger partial charge in [-0.3, -0.25) is 0 Å². The van der Waals surface area contributed by atoms with Crippen LogP contribution in [-0.4, -0.2) is 30.8 Å². The molecule has 2 atom stereocenters. The molecule has 1 fully saturated rings. The predicted octanol–water partition coefficient (Wildman–Crippen LogP) is 6.63. The van der Waals surface area contributed by atoms with Gasteiger partial charge < -0.3 is 14.2 Å². The molecule has 174 valence electrons. The van der Waals surface area contributed by atoms with Crippen molar-refractivity contribution in [3.63, 3.8) is 0 Å². The first-order chi connectivity index (χ1) is 15.1. The minimum atomic E-state index is -0.803. The summed E-state index contributed by atoms with van der Waals surface area (Å²) in [6.45, 7) is 5.08. The molecule has 31 heavy (non-hydrogen) atoms. The molecule has 1 aromatic rings. The number of ether oxygens (including phenoxy) is 3. The Labute approximate surface area is 187 Å². The molecule has 1 saturated heterocycles. The van der Waals surface area contributed by atoms with E-state index in [2.05, 4.69) is 13.8 Å². The van der Waals surface area contributed by atoms with Crippen molar-refractivity contribution < 1.29 is 23.8 Å². The zero-order chi connectivity index (χ0) is 22.3. The van der Waals surface area contributed by atoms with Gasteiger partial charge in [-0.15, -0.1) is 0 Å². The molecule has 0 aliphatic carbocycles. The van der Waals surface area contributed by atoms with Crippen LogP contribution in [0.4, 0.5) is 0 Å². The lowest BCUT2D eigenvalue weighted by Crippen LogP contribution is -2.37. The molecule has 0 amide bonds. The highest BCUT2D eigenvalue weighted by Gasteiger charge is 2.32. The van der Waals surface area contributed by atoms with Gasteiger partial charge in [0, 0.05) is 0 Å². The van der Waals surface area contributed by atoms with Gasteiger partial charge in [-0.2, -0.15) is 0 Å². The summed E-state index contributed by atoms with van der Waals surface area (Å²) in [7, 11) is 0. The Morgan fingerprint density at radius 1 is 0.903 bits per heavy atom. The molecule has 1 aromatic carbocycles. The highest BCUT2D eigenvalue weighted by Crippen LogP contribution is 2.23. The van der Waals surface area contributed by atoms with Crippen molar-refractivity contribution in [1.82, 2.24) is 0 Å². The van der Waals surface area contributed by atoms with Crippen LogP contribution in [-0.2, 0) is 14.3 Å². The summed E-state index contributed by atoms with van der Waals surface area (Å²) in [4.78, 5) is 24.6. The van der Waals surface area contributed by atoms with E-state index in [4.69, 9.17) is 14.2 Å². The maximum atomic E-state index is 12.4. The van der Waals surface area contributed by atoms with E-state index in [9.17, 15) is 9.59 Å². The average Bonchev–Trinajstić information content (AvgIpc) is 2.78. The average molecular weight is 433 g/mol. The van der Waals surface area contributed by atoms with Gasteiger partial charge in [-0.1, -0.05) is 65.2 Å². The van der Waals surface area contributed by atoms with Gasteiger partial charge >= 0.3 is 11.9 Å². The van der Waals surface area contributed by atoms with E-state index >= 15 is 0 Å². The first-order valence-corrected chi connectivity index (χ1v) is 12.3. The fraction of sp³-hybridized carbons (Fsp3) is 0.692. The summed E-state index contributed by atoms with van der Waals surface area (Å²) in [6.07, 6.45) is 13.3. The Kier molecular flexibility index (Phi) is 12.1. The molecule has 0 aromatic heterocycles. The number of carbonyl (C=O) groups is 2.